The molecule has 250 valence electrons. The fourth-order valence-electron chi connectivity index (χ4n) is 8.89. The second-order valence-electron chi connectivity index (χ2n) is 14.2. The lowest BCUT2D eigenvalue weighted by Gasteiger charge is -2.09. The summed E-state index contributed by atoms with van der Waals surface area (Å²) in [6, 6.07) is 63.6. The molecule has 0 spiro atoms. The Labute approximate surface area is 310 Å². The average molecular weight is 687 g/mol. The van der Waals surface area contributed by atoms with E-state index in [-0.39, 0.29) is 0 Å². The number of nitrogens with zero attached hydrogens (tertiary/aromatic N) is 4. The molecule has 1 aliphatic carbocycles. The van der Waals surface area contributed by atoms with Gasteiger partial charge in [0.15, 0.2) is 0 Å². The van der Waals surface area contributed by atoms with Crippen molar-refractivity contribution in [2.45, 2.75) is 0 Å². The van der Waals surface area contributed by atoms with Gasteiger partial charge in [-0.15, -0.1) is 0 Å². The predicted molar refractivity (Wildman–Crippen MR) is 224 cm³/mol. The van der Waals surface area contributed by atoms with Crippen LogP contribution in [0.5, 0.6) is 0 Å². The third-order valence-electron chi connectivity index (χ3n) is 11.3. The standard InChI is InChI=1S/C50H30N4/c1-3-12-35(13-4-1)53-44-19-8-7-16-37(44)40-27-31(20-23-45(40)53)32-21-24-46-41(28-32)42-29-33(22-25-47(42)54(46)36-14-5-2-6-15-36)43-30-34-11-9-17-38-39-18-10-26-51-49(39)50(52-43)48(34)38/h1-30H. The van der Waals surface area contributed by atoms with Crippen molar-refractivity contribution in [3.8, 4) is 56.3 Å². The number of benzene rings is 7. The summed E-state index contributed by atoms with van der Waals surface area (Å²) in [7, 11) is 0. The number of pyridine rings is 2. The van der Waals surface area contributed by atoms with E-state index in [1.807, 2.05) is 12.3 Å². The Bertz CT molecular complexity index is 3320. The van der Waals surface area contributed by atoms with E-state index in [9.17, 15) is 0 Å². The minimum atomic E-state index is 0.951. The number of aromatic nitrogens is 4. The van der Waals surface area contributed by atoms with Gasteiger partial charge in [0.25, 0.3) is 0 Å². The Morgan fingerprint density at radius 3 is 1.61 bits per heavy atom. The van der Waals surface area contributed by atoms with E-state index in [0.717, 1.165) is 45.1 Å². The van der Waals surface area contributed by atoms with E-state index in [0.29, 0.717) is 0 Å². The predicted octanol–water partition coefficient (Wildman–Crippen LogP) is 12.8. The van der Waals surface area contributed by atoms with Crippen LogP contribution in [0, 0.1) is 0 Å². The van der Waals surface area contributed by atoms with Crippen LogP contribution in [-0.4, -0.2) is 19.1 Å². The Morgan fingerprint density at radius 2 is 0.926 bits per heavy atom. The first-order valence-electron chi connectivity index (χ1n) is 18.4. The van der Waals surface area contributed by atoms with E-state index >= 15 is 0 Å². The molecular weight excluding hydrogens is 657 g/mol. The van der Waals surface area contributed by atoms with E-state index in [1.54, 1.807) is 0 Å². The first-order chi connectivity index (χ1) is 26.8. The van der Waals surface area contributed by atoms with Crippen LogP contribution in [0.3, 0.4) is 0 Å². The molecule has 0 saturated carbocycles. The number of fused-ring (bicyclic) bond motifs is 9. The van der Waals surface area contributed by atoms with Crippen LogP contribution in [0.15, 0.2) is 182 Å². The lowest BCUT2D eigenvalue weighted by atomic mass is 9.99. The normalized spacial score (nSPS) is 12.1. The topological polar surface area (TPSA) is 35.6 Å². The van der Waals surface area contributed by atoms with Crippen molar-refractivity contribution in [2.75, 3.05) is 0 Å². The van der Waals surface area contributed by atoms with E-state index in [2.05, 4.69) is 179 Å². The molecule has 0 bridgehead atoms. The van der Waals surface area contributed by atoms with Crippen LogP contribution in [0.2, 0.25) is 0 Å². The summed E-state index contributed by atoms with van der Waals surface area (Å²) in [6.07, 6.45) is 1.87. The Balaban J connectivity index is 1.07. The Kier molecular flexibility index (Phi) is 6.02. The van der Waals surface area contributed by atoms with Crippen LogP contribution in [0.1, 0.15) is 0 Å². The summed E-state index contributed by atoms with van der Waals surface area (Å²) in [5.41, 5.74) is 15.8. The van der Waals surface area contributed by atoms with Crippen LogP contribution >= 0.6 is 0 Å². The van der Waals surface area contributed by atoms with Gasteiger partial charge < -0.3 is 9.13 Å². The zero-order chi connectivity index (χ0) is 35.3. The molecule has 0 atom stereocenters. The second kappa shape index (κ2) is 11.1. The van der Waals surface area contributed by atoms with Crippen molar-refractivity contribution in [1.29, 1.82) is 0 Å². The van der Waals surface area contributed by atoms with Gasteiger partial charge in [-0.2, -0.15) is 0 Å². The highest BCUT2D eigenvalue weighted by atomic mass is 15.0. The molecule has 0 amide bonds. The highest BCUT2D eigenvalue weighted by Gasteiger charge is 2.25. The molecule has 0 radical (unpaired) electrons. The van der Waals surface area contributed by atoms with Gasteiger partial charge in [0.2, 0.25) is 0 Å². The smallest absolute Gasteiger partial charge is 0.0984 e. The molecule has 11 aromatic rings. The van der Waals surface area contributed by atoms with Crippen LogP contribution in [0.4, 0.5) is 0 Å². The maximum absolute atomic E-state index is 5.31. The summed E-state index contributed by atoms with van der Waals surface area (Å²) in [6.45, 7) is 0. The van der Waals surface area contributed by atoms with Gasteiger partial charge in [0, 0.05) is 55.6 Å². The van der Waals surface area contributed by atoms with Crippen molar-refractivity contribution < 1.29 is 0 Å². The number of hydrogen-bond acceptors (Lipinski definition) is 2. The molecular formula is C50H30N4. The largest absolute Gasteiger partial charge is 0.309 e. The zero-order valence-electron chi connectivity index (χ0n) is 29.1. The van der Waals surface area contributed by atoms with E-state index < -0.39 is 0 Å². The molecule has 0 saturated heterocycles. The van der Waals surface area contributed by atoms with Crippen LogP contribution in [-0.2, 0) is 0 Å². The maximum atomic E-state index is 5.31. The zero-order valence-corrected chi connectivity index (χ0v) is 29.1. The van der Waals surface area contributed by atoms with Gasteiger partial charge in [0.05, 0.1) is 39.1 Å². The van der Waals surface area contributed by atoms with Gasteiger partial charge in [-0.1, -0.05) is 97.1 Å². The fraction of sp³-hybridized carbons (Fsp3) is 0. The molecule has 0 N–H and O–H groups in total. The van der Waals surface area contributed by atoms with Crippen LogP contribution < -0.4 is 0 Å². The van der Waals surface area contributed by atoms with Crippen molar-refractivity contribution in [2.24, 2.45) is 0 Å². The van der Waals surface area contributed by atoms with Gasteiger partial charge in [-0.05, 0) is 101 Å². The van der Waals surface area contributed by atoms with Gasteiger partial charge in [0.1, 0.15) is 0 Å². The number of para-hydroxylation sites is 3. The SMILES string of the molecule is c1ccc(-n2c3ccccc3c3cc(-c4ccc5c(c4)c4cc(-c6cc7cccc8c7c(n6)-c6ncccc6-8)ccc4n5-c4ccccc4)ccc32)cc1. The molecule has 7 aromatic carbocycles. The molecule has 0 aliphatic heterocycles. The van der Waals surface area contributed by atoms with E-state index in [4.69, 9.17) is 9.97 Å². The van der Waals surface area contributed by atoms with Crippen molar-refractivity contribution >= 4 is 54.4 Å². The second-order valence-corrected chi connectivity index (χ2v) is 14.2. The average Bonchev–Trinajstić information content (AvgIpc) is 3.87. The molecule has 54 heavy (non-hydrogen) atoms. The van der Waals surface area contributed by atoms with E-state index in [1.165, 1.54) is 65.6 Å². The molecule has 0 unspecified atom stereocenters. The molecule has 4 nitrogen and oxygen atoms in total. The highest BCUT2D eigenvalue weighted by Crippen LogP contribution is 2.46. The third kappa shape index (κ3) is 4.13. The maximum Gasteiger partial charge on any atom is 0.0984 e. The lowest BCUT2D eigenvalue weighted by Crippen LogP contribution is -1.93. The number of rotatable bonds is 4. The lowest BCUT2D eigenvalue weighted by molar-refractivity contribution is 1.18. The van der Waals surface area contributed by atoms with Crippen molar-refractivity contribution in [1.82, 2.24) is 19.1 Å². The minimum absolute atomic E-state index is 0.951. The molecule has 1 aliphatic rings. The van der Waals surface area contributed by atoms with Gasteiger partial charge in [-0.25, -0.2) is 4.98 Å². The molecule has 0 fully saturated rings. The molecule has 4 aromatic heterocycles. The Morgan fingerprint density at radius 1 is 0.370 bits per heavy atom. The van der Waals surface area contributed by atoms with Gasteiger partial charge in [-0.3, -0.25) is 4.98 Å². The summed E-state index contributed by atoms with van der Waals surface area (Å²) >= 11 is 0. The summed E-state index contributed by atoms with van der Waals surface area (Å²) in [5.74, 6) is 0. The minimum Gasteiger partial charge on any atom is -0.309 e. The van der Waals surface area contributed by atoms with Gasteiger partial charge >= 0.3 is 0 Å². The summed E-state index contributed by atoms with van der Waals surface area (Å²) in [4.78, 5) is 10.1. The first-order valence-corrected chi connectivity index (χ1v) is 18.4. The molecule has 4 heteroatoms. The monoisotopic (exact) mass is 686 g/mol. The number of hydrogen-bond donors (Lipinski definition) is 0. The quantitative estimate of drug-likeness (QED) is 0.185. The third-order valence-corrected chi connectivity index (χ3v) is 11.3. The molecule has 4 heterocycles. The molecule has 12 rings (SSSR count). The Hall–Kier alpha value is -7.30. The van der Waals surface area contributed by atoms with Crippen LogP contribution in [0.25, 0.3) is 111 Å². The summed E-state index contributed by atoms with van der Waals surface area (Å²) in [5, 5.41) is 7.27. The highest BCUT2D eigenvalue weighted by molar-refractivity contribution is 6.15. The summed E-state index contributed by atoms with van der Waals surface area (Å²) < 4.78 is 4.75. The van der Waals surface area contributed by atoms with Crippen molar-refractivity contribution in [3.05, 3.63) is 182 Å². The van der Waals surface area contributed by atoms with Crippen molar-refractivity contribution in [3.63, 3.8) is 0 Å². The fourth-order valence-corrected chi connectivity index (χ4v) is 8.89. The first kappa shape index (κ1) is 29.3.